The molecule has 2 N–H and O–H groups in total. The Labute approximate surface area is 176 Å². The molecular formula is C23H33F3O4. The molecule has 0 aromatic heterocycles. The zero-order valence-electron chi connectivity index (χ0n) is 17.4. The number of carboxylic acids is 2. The number of carboxylic acid groups (broad SMARTS) is 2. The molecule has 0 saturated carbocycles. The molecule has 7 heteroatoms. The van der Waals surface area contributed by atoms with Gasteiger partial charge in [-0.15, -0.1) is 6.58 Å². The number of halogens is 3. The lowest BCUT2D eigenvalue weighted by atomic mass is 10.1. The summed E-state index contributed by atoms with van der Waals surface area (Å²) in [4.78, 5) is 20.5. The molecule has 30 heavy (non-hydrogen) atoms. The zero-order valence-corrected chi connectivity index (χ0v) is 17.4. The summed E-state index contributed by atoms with van der Waals surface area (Å²) in [5.41, 5.74) is -0.363. The average molecular weight is 431 g/mol. The standard InChI is InChI=1S/C13H24O2.C10H9F3O2/c1-2-3-4-5-6-7-8-9-10-11-12-13(14)15;11-10(12,13)8-3-1-2-7(6-8)4-5-9(14)15/h2H,1,3-12H2,(H,14,15);1-3,6H,4-5H2,(H,14,15). The van der Waals surface area contributed by atoms with Gasteiger partial charge in [-0.05, 0) is 37.3 Å². The maximum atomic E-state index is 12.3. The Hall–Kier alpha value is -2.31. The Morgan fingerprint density at radius 3 is 1.90 bits per heavy atom. The maximum Gasteiger partial charge on any atom is 0.416 e. The van der Waals surface area contributed by atoms with Crippen molar-refractivity contribution in [2.45, 2.75) is 83.2 Å². The second kappa shape index (κ2) is 16.5. The Morgan fingerprint density at radius 2 is 1.40 bits per heavy atom. The Bertz CT molecular complexity index is 627. The van der Waals surface area contributed by atoms with Crippen LogP contribution in [0.4, 0.5) is 13.2 Å². The lowest BCUT2D eigenvalue weighted by Gasteiger charge is -2.07. The number of aliphatic carboxylic acids is 2. The molecule has 1 aromatic rings. The molecule has 0 spiro atoms. The molecule has 0 aliphatic carbocycles. The first kappa shape index (κ1) is 27.7. The quantitative estimate of drug-likeness (QED) is 0.249. The van der Waals surface area contributed by atoms with Crippen molar-refractivity contribution in [1.82, 2.24) is 0 Å². The van der Waals surface area contributed by atoms with E-state index in [0.29, 0.717) is 12.0 Å². The van der Waals surface area contributed by atoms with Gasteiger partial charge < -0.3 is 10.2 Å². The number of hydrogen-bond acceptors (Lipinski definition) is 2. The molecule has 0 heterocycles. The van der Waals surface area contributed by atoms with E-state index in [1.165, 1.54) is 50.7 Å². The van der Waals surface area contributed by atoms with E-state index in [4.69, 9.17) is 10.2 Å². The fourth-order valence-corrected chi connectivity index (χ4v) is 2.78. The molecule has 0 fully saturated rings. The summed E-state index contributed by atoms with van der Waals surface area (Å²) in [7, 11) is 0. The first-order valence-electron chi connectivity index (χ1n) is 10.4. The number of aryl methyl sites for hydroxylation is 1. The van der Waals surface area contributed by atoms with Gasteiger partial charge in [-0.2, -0.15) is 13.2 Å². The van der Waals surface area contributed by atoms with Crippen molar-refractivity contribution in [2.75, 3.05) is 0 Å². The van der Waals surface area contributed by atoms with Crippen molar-refractivity contribution in [3.8, 4) is 0 Å². The van der Waals surface area contributed by atoms with Crippen LogP contribution in [0.25, 0.3) is 0 Å². The molecule has 0 aliphatic rings. The third kappa shape index (κ3) is 16.6. The summed E-state index contributed by atoms with van der Waals surface area (Å²) in [6.07, 6.45) is 8.55. The lowest BCUT2D eigenvalue weighted by Crippen LogP contribution is -2.05. The van der Waals surface area contributed by atoms with E-state index >= 15 is 0 Å². The fraction of sp³-hybridized carbons (Fsp3) is 0.565. The zero-order chi connectivity index (χ0) is 22.8. The van der Waals surface area contributed by atoms with Crippen LogP contribution in [0, 0.1) is 0 Å². The minimum atomic E-state index is -4.38. The summed E-state index contributed by atoms with van der Waals surface area (Å²) >= 11 is 0. The van der Waals surface area contributed by atoms with E-state index < -0.39 is 23.7 Å². The second-order valence-electron chi connectivity index (χ2n) is 7.14. The molecule has 1 rings (SSSR count). The van der Waals surface area contributed by atoms with Crippen LogP contribution < -0.4 is 0 Å². The predicted octanol–water partition coefficient (Wildman–Crippen LogP) is 6.88. The third-order valence-corrected chi connectivity index (χ3v) is 4.43. The molecule has 0 amide bonds. The number of rotatable bonds is 14. The van der Waals surface area contributed by atoms with Gasteiger partial charge in [-0.25, -0.2) is 0 Å². The SMILES string of the molecule is C=CCCCCCCCCCCC(=O)O.O=C(O)CCc1cccc(C(F)(F)F)c1. The normalized spacial score (nSPS) is 10.8. The van der Waals surface area contributed by atoms with Crippen molar-refractivity contribution in [3.63, 3.8) is 0 Å². The Kier molecular flexibility index (Phi) is 15.2. The van der Waals surface area contributed by atoms with Crippen LogP contribution in [-0.2, 0) is 22.2 Å². The molecule has 170 valence electrons. The number of unbranched alkanes of at least 4 members (excludes halogenated alkanes) is 8. The van der Waals surface area contributed by atoms with Crippen LogP contribution in [0.2, 0.25) is 0 Å². The van der Waals surface area contributed by atoms with Gasteiger partial charge in [-0.3, -0.25) is 9.59 Å². The molecule has 0 saturated heterocycles. The van der Waals surface area contributed by atoms with Gasteiger partial charge in [0.25, 0.3) is 0 Å². The number of allylic oxidation sites excluding steroid dienone is 1. The van der Waals surface area contributed by atoms with Gasteiger partial charge in [0.2, 0.25) is 0 Å². The van der Waals surface area contributed by atoms with Gasteiger partial charge in [0.15, 0.2) is 0 Å². The molecule has 0 radical (unpaired) electrons. The van der Waals surface area contributed by atoms with Gasteiger partial charge in [0.05, 0.1) is 5.56 Å². The predicted molar refractivity (Wildman–Crippen MR) is 111 cm³/mol. The van der Waals surface area contributed by atoms with E-state index in [9.17, 15) is 22.8 Å². The van der Waals surface area contributed by atoms with Crippen molar-refractivity contribution in [3.05, 3.63) is 48.0 Å². The number of carbonyl (C=O) groups is 2. The van der Waals surface area contributed by atoms with E-state index in [0.717, 1.165) is 31.4 Å². The molecule has 0 bridgehead atoms. The van der Waals surface area contributed by atoms with Crippen LogP contribution >= 0.6 is 0 Å². The van der Waals surface area contributed by atoms with Crippen LogP contribution in [-0.4, -0.2) is 22.2 Å². The minimum Gasteiger partial charge on any atom is -0.481 e. The summed E-state index contributed by atoms with van der Waals surface area (Å²) in [6, 6.07) is 4.70. The number of benzene rings is 1. The molecule has 0 atom stereocenters. The monoisotopic (exact) mass is 430 g/mol. The van der Waals surface area contributed by atoms with Gasteiger partial charge >= 0.3 is 18.1 Å². The lowest BCUT2D eigenvalue weighted by molar-refractivity contribution is -0.138. The van der Waals surface area contributed by atoms with Crippen molar-refractivity contribution in [1.29, 1.82) is 0 Å². The van der Waals surface area contributed by atoms with Crippen LogP contribution in [0.5, 0.6) is 0 Å². The highest BCUT2D eigenvalue weighted by Gasteiger charge is 2.30. The van der Waals surface area contributed by atoms with Crippen LogP contribution in [0.1, 0.15) is 81.8 Å². The topological polar surface area (TPSA) is 74.6 Å². The minimum absolute atomic E-state index is 0.110. The highest BCUT2D eigenvalue weighted by Crippen LogP contribution is 2.29. The molecule has 1 aromatic carbocycles. The van der Waals surface area contributed by atoms with Crippen molar-refractivity contribution < 1.29 is 33.0 Å². The smallest absolute Gasteiger partial charge is 0.416 e. The van der Waals surface area contributed by atoms with Crippen molar-refractivity contribution >= 4 is 11.9 Å². The second-order valence-corrected chi connectivity index (χ2v) is 7.14. The Balaban J connectivity index is 0.000000561. The summed E-state index contributed by atoms with van der Waals surface area (Å²) in [5.74, 6) is -1.69. The summed E-state index contributed by atoms with van der Waals surface area (Å²) < 4.78 is 36.8. The average Bonchev–Trinajstić information content (AvgIpc) is 2.68. The Morgan fingerprint density at radius 1 is 0.867 bits per heavy atom. The highest BCUT2D eigenvalue weighted by atomic mass is 19.4. The number of alkyl halides is 3. The van der Waals surface area contributed by atoms with Crippen LogP contribution in [0.3, 0.4) is 0 Å². The van der Waals surface area contributed by atoms with E-state index in [1.54, 1.807) is 0 Å². The van der Waals surface area contributed by atoms with Crippen molar-refractivity contribution in [2.24, 2.45) is 0 Å². The van der Waals surface area contributed by atoms with E-state index in [2.05, 4.69) is 6.58 Å². The van der Waals surface area contributed by atoms with Gasteiger partial charge in [-0.1, -0.05) is 62.8 Å². The fourth-order valence-electron chi connectivity index (χ4n) is 2.78. The van der Waals surface area contributed by atoms with E-state index in [-0.39, 0.29) is 12.8 Å². The molecule has 0 aliphatic heterocycles. The summed E-state index contributed by atoms with van der Waals surface area (Å²) in [6.45, 7) is 3.69. The molecular weight excluding hydrogens is 397 g/mol. The largest absolute Gasteiger partial charge is 0.481 e. The third-order valence-electron chi connectivity index (χ3n) is 4.43. The first-order chi connectivity index (χ1) is 14.2. The summed E-state index contributed by atoms with van der Waals surface area (Å²) in [5, 5.41) is 16.8. The van der Waals surface area contributed by atoms with Crippen LogP contribution in [0.15, 0.2) is 36.9 Å². The highest BCUT2D eigenvalue weighted by molar-refractivity contribution is 5.67. The molecule has 0 unspecified atom stereocenters. The van der Waals surface area contributed by atoms with Gasteiger partial charge in [0, 0.05) is 12.8 Å². The molecule has 4 nitrogen and oxygen atoms in total. The number of hydrogen-bond donors (Lipinski definition) is 2. The van der Waals surface area contributed by atoms with E-state index in [1.807, 2.05) is 6.08 Å². The first-order valence-corrected chi connectivity index (χ1v) is 10.4. The maximum absolute atomic E-state index is 12.3. The van der Waals surface area contributed by atoms with Gasteiger partial charge in [0.1, 0.15) is 0 Å².